The lowest BCUT2D eigenvalue weighted by Gasteiger charge is -2.09. The fourth-order valence-electron chi connectivity index (χ4n) is 2.23. The van der Waals surface area contributed by atoms with Crippen LogP contribution in [0, 0.1) is 11.3 Å². The van der Waals surface area contributed by atoms with Crippen LogP contribution in [0.1, 0.15) is 23.5 Å². The highest BCUT2D eigenvalue weighted by Crippen LogP contribution is 2.25. The second-order valence-electron chi connectivity index (χ2n) is 4.94. The molecule has 0 spiro atoms. The molecular weight excluding hydrogens is 324 g/mol. The van der Waals surface area contributed by atoms with Crippen molar-refractivity contribution in [3.63, 3.8) is 0 Å². The van der Waals surface area contributed by atoms with E-state index in [0.29, 0.717) is 6.42 Å². The summed E-state index contributed by atoms with van der Waals surface area (Å²) in [5.74, 6) is 1.82. The predicted octanol–water partition coefficient (Wildman–Crippen LogP) is 4.32. The van der Waals surface area contributed by atoms with E-state index in [1.54, 1.807) is 23.1 Å². The number of aromatic nitrogens is 3. The lowest BCUT2D eigenvalue weighted by atomic mass is 10.3. The SMILES string of the molecule is N#CCCCSc1nnc(Cc2cccs2)n1-c1ccccc1. The van der Waals surface area contributed by atoms with E-state index in [9.17, 15) is 0 Å². The maximum Gasteiger partial charge on any atom is 0.195 e. The summed E-state index contributed by atoms with van der Waals surface area (Å²) < 4.78 is 2.12. The largest absolute Gasteiger partial charge is 0.274 e. The van der Waals surface area contributed by atoms with Gasteiger partial charge in [0.2, 0.25) is 0 Å². The van der Waals surface area contributed by atoms with E-state index < -0.39 is 0 Å². The van der Waals surface area contributed by atoms with Crippen molar-refractivity contribution in [2.24, 2.45) is 0 Å². The molecule has 2 aromatic heterocycles. The summed E-state index contributed by atoms with van der Waals surface area (Å²) in [4.78, 5) is 1.27. The number of thiophene rings is 1. The number of para-hydroxylation sites is 1. The van der Waals surface area contributed by atoms with Crippen molar-refractivity contribution >= 4 is 23.1 Å². The highest BCUT2D eigenvalue weighted by molar-refractivity contribution is 7.99. The molecule has 0 atom stereocenters. The van der Waals surface area contributed by atoms with Gasteiger partial charge in [-0.05, 0) is 30.0 Å². The Bertz CT molecular complexity index is 773. The molecule has 4 nitrogen and oxygen atoms in total. The van der Waals surface area contributed by atoms with E-state index in [-0.39, 0.29) is 0 Å². The van der Waals surface area contributed by atoms with Crippen molar-refractivity contribution < 1.29 is 0 Å². The van der Waals surface area contributed by atoms with E-state index in [1.807, 2.05) is 18.2 Å². The predicted molar refractivity (Wildman–Crippen MR) is 94.1 cm³/mol. The third-order valence-electron chi connectivity index (χ3n) is 3.29. The second-order valence-corrected chi connectivity index (χ2v) is 7.03. The average molecular weight is 340 g/mol. The summed E-state index contributed by atoms with van der Waals surface area (Å²) >= 11 is 3.39. The highest BCUT2D eigenvalue weighted by atomic mass is 32.2. The molecule has 0 amide bonds. The van der Waals surface area contributed by atoms with Crippen molar-refractivity contribution in [1.29, 1.82) is 5.26 Å². The lowest BCUT2D eigenvalue weighted by Crippen LogP contribution is -2.03. The van der Waals surface area contributed by atoms with Crippen LogP contribution in [-0.4, -0.2) is 20.5 Å². The van der Waals surface area contributed by atoms with Gasteiger partial charge in [0.05, 0.1) is 6.07 Å². The summed E-state index contributed by atoms with van der Waals surface area (Å²) in [6, 6.07) is 16.5. The molecule has 1 aromatic carbocycles. The van der Waals surface area contributed by atoms with Crippen LogP contribution in [0.2, 0.25) is 0 Å². The Morgan fingerprint density at radius 1 is 1.13 bits per heavy atom. The van der Waals surface area contributed by atoms with Crippen molar-refractivity contribution in [3.8, 4) is 11.8 Å². The molecule has 2 heterocycles. The minimum Gasteiger partial charge on any atom is -0.274 e. The van der Waals surface area contributed by atoms with Crippen LogP contribution < -0.4 is 0 Å². The average Bonchev–Trinajstić information content (AvgIpc) is 3.23. The van der Waals surface area contributed by atoms with Gasteiger partial charge in [-0.2, -0.15) is 5.26 Å². The third kappa shape index (κ3) is 4.01. The van der Waals surface area contributed by atoms with E-state index in [0.717, 1.165) is 35.3 Å². The monoisotopic (exact) mass is 340 g/mol. The van der Waals surface area contributed by atoms with Crippen molar-refractivity contribution in [2.75, 3.05) is 5.75 Å². The van der Waals surface area contributed by atoms with E-state index in [2.05, 4.69) is 50.5 Å². The van der Waals surface area contributed by atoms with E-state index in [1.165, 1.54) is 4.88 Å². The van der Waals surface area contributed by atoms with Crippen LogP contribution >= 0.6 is 23.1 Å². The number of rotatable bonds is 7. The zero-order valence-corrected chi connectivity index (χ0v) is 14.2. The molecule has 6 heteroatoms. The Balaban J connectivity index is 1.87. The summed E-state index contributed by atoms with van der Waals surface area (Å²) in [6.07, 6.45) is 2.22. The third-order valence-corrected chi connectivity index (χ3v) is 5.18. The molecule has 0 saturated heterocycles. The molecule has 0 bridgehead atoms. The van der Waals surface area contributed by atoms with Gasteiger partial charge in [0, 0.05) is 29.2 Å². The second kappa shape index (κ2) is 7.95. The quantitative estimate of drug-likeness (QED) is 0.475. The standard InChI is InChI=1S/C17H16N4S2/c18-10-4-5-11-23-17-20-19-16(13-15-9-6-12-22-15)21(17)14-7-2-1-3-8-14/h1-3,6-9,12H,4-5,11,13H2. The summed E-state index contributed by atoms with van der Waals surface area (Å²) in [7, 11) is 0. The van der Waals surface area contributed by atoms with Gasteiger partial charge in [-0.25, -0.2) is 0 Å². The fourth-order valence-corrected chi connectivity index (χ4v) is 3.84. The lowest BCUT2D eigenvalue weighted by molar-refractivity contribution is 0.848. The van der Waals surface area contributed by atoms with E-state index in [4.69, 9.17) is 5.26 Å². The van der Waals surface area contributed by atoms with Gasteiger partial charge in [-0.1, -0.05) is 36.0 Å². The molecule has 0 saturated carbocycles. The zero-order valence-electron chi connectivity index (χ0n) is 12.6. The highest BCUT2D eigenvalue weighted by Gasteiger charge is 2.15. The van der Waals surface area contributed by atoms with Gasteiger partial charge >= 0.3 is 0 Å². The first-order chi connectivity index (χ1) is 11.4. The van der Waals surface area contributed by atoms with Crippen molar-refractivity contribution in [2.45, 2.75) is 24.4 Å². The maximum absolute atomic E-state index is 8.65. The van der Waals surface area contributed by atoms with Crippen molar-refractivity contribution in [3.05, 3.63) is 58.5 Å². The number of hydrogen-bond donors (Lipinski definition) is 0. The molecule has 3 aromatic rings. The molecule has 116 valence electrons. The topological polar surface area (TPSA) is 54.5 Å². The molecule has 0 aliphatic rings. The molecule has 23 heavy (non-hydrogen) atoms. The Hall–Kier alpha value is -2.10. The van der Waals surface area contributed by atoms with Gasteiger partial charge in [0.15, 0.2) is 5.16 Å². The normalized spacial score (nSPS) is 10.6. The van der Waals surface area contributed by atoms with Gasteiger partial charge in [0.1, 0.15) is 5.82 Å². The fraction of sp³-hybridized carbons (Fsp3) is 0.235. The summed E-state index contributed by atoms with van der Waals surface area (Å²) in [6.45, 7) is 0. The Kier molecular flexibility index (Phi) is 5.46. The molecule has 0 N–H and O–H groups in total. The first kappa shape index (κ1) is 15.8. The number of thioether (sulfide) groups is 1. The summed E-state index contributed by atoms with van der Waals surface area (Å²) in [5.41, 5.74) is 1.08. The van der Waals surface area contributed by atoms with Crippen LogP contribution in [0.25, 0.3) is 5.69 Å². The number of nitriles is 1. The molecule has 0 fully saturated rings. The Labute approximate surface area is 143 Å². The molecule has 0 aliphatic heterocycles. The molecule has 0 radical (unpaired) electrons. The smallest absolute Gasteiger partial charge is 0.195 e. The number of unbranched alkanes of at least 4 members (excludes halogenated alkanes) is 1. The van der Waals surface area contributed by atoms with E-state index >= 15 is 0 Å². The first-order valence-corrected chi connectivity index (χ1v) is 9.27. The Morgan fingerprint density at radius 3 is 2.74 bits per heavy atom. The van der Waals surface area contributed by atoms with Gasteiger partial charge < -0.3 is 0 Å². The van der Waals surface area contributed by atoms with Crippen molar-refractivity contribution in [1.82, 2.24) is 14.8 Å². The van der Waals surface area contributed by atoms with Crippen LogP contribution in [0.3, 0.4) is 0 Å². The molecule has 0 unspecified atom stereocenters. The van der Waals surface area contributed by atoms with Gasteiger partial charge in [-0.15, -0.1) is 21.5 Å². The maximum atomic E-state index is 8.65. The Morgan fingerprint density at radius 2 is 2.00 bits per heavy atom. The number of nitrogens with zero attached hydrogens (tertiary/aromatic N) is 4. The minimum absolute atomic E-state index is 0.578. The zero-order chi connectivity index (χ0) is 15.9. The van der Waals surface area contributed by atoms with Gasteiger partial charge in [-0.3, -0.25) is 4.57 Å². The number of benzene rings is 1. The molecule has 0 aliphatic carbocycles. The van der Waals surface area contributed by atoms with Crippen LogP contribution in [-0.2, 0) is 6.42 Å². The van der Waals surface area contributed by atoms with Gasteiger partial charge in [0.25, 0.3) is 0 Å². The molecule has 3 rings (SSSR count). The van der Waals surface area contributed by atoms with Crippen LogP contribution in [0.4, 0.5) is 0 Å². The number of hydrogen-bond acceptors (Lipinski definition) is 5. The van der Waals surface area contributed by atoms with Crippen LogP contribution in [0.15, 0.2) is 53.0 Å². The van der Waals surface area contributed by atoms with Crippen LogP contribution in [0.5, 0.6) is 0 Å². The molecular formula is C17H16N4S2. The minimum atomic E-state index is 0.578. The first-order valence-electron chi connectivity index (χ1n) is 7.40. The summed E-state index contributed by atoms with van der Waals surface area (Å²) in [5, 5.41) is 20.4.